The van der Waals surface area contributed by atoms with Gasteiger partial charge in [0.25, 0.3) is 5.91 Å². The monoisotopic (exact) mass is 576 g/mol. The molecule has 1 N–H and O–H groups in total. The van der Waals surface area contributed by atoms with Crippen LogP contribution in [0.3, 0.4) is 0 Å². The zero-order valence-electron chi connectivity index (χ0n) is 22.4. The number of rotatable bonds is 7. The molecule has 1 saturated heterocycles. The van der Waals surface area contributed by atoms with Gasteiger partial charge in [0.2, 0.25) is 5.91 Å². The third kappa shape index (κ3) is 6.07. The highest BCUT2D eigenvalue weighted by Gasteiger charge is 2.34. The van der Waals surface area contributed by atoms with E-state index in [0.717, 1.165) is 17.2 Å². The first-order valence-corrected chi connectivity index (χ1v) is 13.9. The fourth-order valence-electron chi connectivity index (χ4n) is 4.90. The standard InChI is InChI=1S/C31H27F3N4O2S/c1-20-16-25(21(2)38(20)27-11-7-6-10-26(27)31(32,33)34)17-35-36-29(40)23-12-14-24(15-13-23)30-37(28(39)19-41-30)18-22-8-4-3-5-9-22/h3-17,30H,18-19H2,1-2H3,(H,36,40)/b35-17-/t30-/m0/s1. The van der Waals surface area contributed by atoms with Gasteiger partial charge in [0.05, 0.1) is 23.2 Å². The summed E-state index contributed by atoms with van der Waals surface area (Å²) in [6, 6.07) is 23.9. The van der Waals surface area contributed by atoms with Crippen molar-refractivity contribution in [2.75, 3.05) is 5.75 Å². The summed E-state index contributed by atoms with van der Waals surface area (Å²) >= 11 is 1.55. The zero-order valence-corrected chi connectivity index (χ0v) is 23.2. The molecule has 0 unspecified atom stereocenters. The van der Waals surface area contributed by atoms with E-state index in [1.165, 1.54) is 22.9 Å². The second-order valence-electron chi connectivity index (χ2n) is 9.67. The van der Waals surface area contributed by atoms with Gasteiger partial charge in [-0.1, -0.05) is 54.6 Å². The molecule has 1 aromatic heterocycles. The molecule has 2 heterocycles. The Hall–Kier alpha value is -4.31. The number of halogens is 3. The van der Waals surface area contributed by atoms with Crippen molar-refractivity contribution >= 4 is 29.8 Å². The lowest BCUT2D eigenvalue weighted by molar-refractivity contribution is -0.137. The van der Waals surface area contributed by atoms with Crippen LogP contribution in [0.25, 0.3) is 5.69 Å². The second-order valence-corrected chi connectivity index (χ2v) is 10.7. The molecule has 0 saturated carbocycles. The van der Waals surface area contributed by atoms with Crippen LogP contribution >= 0.6 is 11.8 Å². The lowest BCUT2D eigenvalue weighted by Gasteiger charge is -2.24. The Balaban J connectivity index is 1.27. The Morgan fingerprint density at radius 2 is 1.71 bits per heavy atom. The molecule has 5 rings (SSSR count). The third-order valence-electron chi connectivity index (χ3n) is 6.91. The number of hydrazone groups is 1. The minimum absolute atomic E-state index is 0.0308. The lowest BCUT2D eigenvalue weighted by Crippen LogP contribution is -2.27. The average molecular weight is 577 g/mol. The Labute approximate surface area is 239 Å². The molecule has 6 nitrogen and oxygen atoms in total. The number of aromatic nitrogens is 1. The topological polar surface area (TPSA) is 66.7 Å². The van der Waals surface area contributed by atoms with Crippen molar-refractivity contribution in [1.82, 2.24) is 14.9 Å². The fraction of sp³-hybridized carbons (Fsp3) is 0.194. The quantitative estimate of drug-likeness (QED) is 0.198. The summed E-state index contributed by atoms with van der Waals surface area (Å²) in [5.74, 6) is 0.0400. The summed E-state index contributed by atoms with van der Waals surface area (Å²) in [6.45, 7) is 3.93. The molecule has 0 radical (unpaired) electrons. The van der Waals surface area contributed by atoms with Gasteiger partial charge in [-0.3, -0.25) is 9.59 Å². The van der Waals surface area contributed by atoms with Crippen molar-refractivity contribution in [2.45, 2.75) is 31.9 Å². The number of hydrogen-bond donors (Lipinski definition) is 1. The number of aryl methyl sites for hydroxylation is 1. The summed E-state index contributed by atoms with van der Waals surface area (Å²) in [7, 11) is 0. The third-order valence-corrected chi connectivity index (χ3v) is 8.17. The number of carbonyl (C=O) groups is 2. The van der Waals surface area contributed by atoms with E-state index in [0.29, 0.717) is 34.8 Å². The van der Waals surface area contributed by atoms with Gasteiger partial charge in [-0.25, -0.2) is 5.43 Å². The van der Waals surface area contributed by atoms with E-state index < -0.39 is 17.6 Å². The van der Waals surface area contributed by atoms with Crippen LogP contribution in [0.4, 0.5) is 13.2 Å². The molecule has 0 spiro atoms. The maximum Gasteiger partial charge on any atom is 0.418 e. The Bertz CT molecular complexity index is 1600. The van der Waals surface area contributed by atoms with Crippen molar-refractivity contribution in [3.63, 3.8) is 0 Å². The minimum atomic E-state index is -4.50. The zero-order chi connectivity index (χ0) is 29.1. The number of carbonyl (C=O) groups excluding carboxylic acids is 2. The van der Waals surface area contributed by atoms with Crippen molar-refractivity contribution in [3.8, 4) is 5.69 Å². The van der Waals surface area contributed by atoms with Crippen molar-refractivity contribution in [3.05, 3.63) is 124 Å². The Kier molecular flexibility index (Phi) is 8.03. The normalized spacial score (nSPS) is 15.6. The number of thioether (sulfide) groups is 1. The second kappa shape index (κ2) is 11.7. The van der Waals surface area contributed by atoms with Crippen LogP contribution in [0.2, 0.25) is 0 Å². The summed E-state index contributed by atoms with van der Waals surface area (Å²) in [6.07, 6.45) is -3.08. The predicted molar refractivity (Wildman–Crippen MR) is 154 cm³/mol. The van der Waals surface area contributed by atoms with E-state index in [4.69, 9.17) is 0 Å². The highest BCUT2D eigenvalue weighted by Crippen LogP contribution is 2.39. The summed E-state index contributed by atoms with van der Waals surface area (Å²) in [5, 5.41) is 3.91. The van der Waals surface area contributed by atoms with E-state index >= 15 is 0 Å². The van der Waals surface area contributed by atoms with Crippen LogP contribution in [-0.4, -0.2) is 33.2 Å². The molecular weight excluding hydrogens is 549 g/mol. The number of benzene rings is 3. The van der Waals surface area contributed by atoms with E-state index in [-0.39, 0.29) is 17.0 Å². The first-order chi connectivity index (χ1) is 19.6. The molecule has 1 aliphatic rings. The number of alkyl halides is 3. The molecule has 210 valence electrons. The van der Waals surface area contributed by atoms with Crippen LogP contribution in [0.15, 0.2) is 90.0 Å². The van der Waals surface area contributed by atoms with E-state index in [1.54, 1.807) is 49.9 Å². The Morgan fingerprint density at radius 3 is 2.41 bits per heavy atom. The van der Waals surface area contributed by atoms with Gasteiger partial charge >= 0.3 is 6.18 Å². The molecule has 3 aromatic carbocycles. The van der Waals surface area contributed by atoms with E-state index in [2.05, 4.69) is 10.5 Å². The maximum absolute atomic E-state index is 13.6. The van der Waals surface area contributed by atoms with Crippen LogP contribution < -0.4 is 5.43 Å². The molecular formula is C31H27F3N4O2S. The van der Waals surface area contributed by atoms with Gasteiger partial charge < -0.3 is 9.47 Å². The lowest BCUT2D eigenvalue weighted by atomic mass is 10.1. The smallest absolute Gasteiger partial charge is 0.322 e. The molecule has 41 heavy (non-hydrogen) atoms. The molecule has 1 fully saturated rings. The van der Waals surface area contributed by atoms with Crippen LogP contribution in [0, 0.1) is 13.8 Å². The van der Waals surface area contributed by atoms with Gasteiger partial charge in [0.1, 0.15) is 5.37 Å². The van der Waals surface area contributed by atoms with E-state index in [9.17, 15) is 22.8 Å². The van der Waals surface area contributed by atoms with Crippen LogP contribution in [0.1, 0.15) is 49.4 Å². The maximum atomic E-state index is 13.6. The van der Waals surface area contributed by atoms with Gasteiger partial charge in [0, 0.05) is 29.1 Å². The Morgan fingerprint density at radius 1 is 1.02 bits per heavy atom. The largest absolute Gasteiger partial charge is 0.418 e. The highest BCUT2D eigenvalue weighted by molar-refractivity contribution is 8.00. The van der Waals surface area contributed by atoms with Crippen LogP contribution in [0.5, 0.6) is 0 Å². The number of nitrogens with one attached hydrogen (secondary N) is 1. The van der Waals surface area contributed by atoms with Crippen molar-refractivity contribution in [1.29, 1.82) is 0 Å². The summed E-state index contributed by atoms with van der Waals surface area (Å²) < 4.78 is 42.3. The summed E-state index contributed by atoms with van der Waals surface area (Å²) in [4.78, 5) is 27.1. The average Bonchev–Trinajstić information content (AvgIpc) is 3.46. The van der Waals surface area contributed by atoms with Crippen molar-refractivity contribution in [2.24, 2.45) is 5.10 Å². The number of amides is 2. The van der Waals surface area contributed by atoms with Gasteiger partial charge in [-0.2, -0.15) is 18.3 Å². The fourth-order valence-corrected chi connectivity index (χ4v) is 6.09. The number of para-hydroxylation sites is 1. The molecule has 1 aliphatic heterocycles. The van der Waals surface area contributed by atoms with Gasteiger partial charge in [-0.15, -0.1) is 11.8 Å². The first-order valence-electron chi connectivity index (χ1n) is 12.9. The number of nitrogens with zero attached hydrogens (tertiary/aromatic N) is 3. The number of hydrogen-bond acceptors (Lipinski definition) is 4. The molecule has 2 amide bonds. The predicted octanol–water partition coefficient (Wildman–Crippen LogP) is 6.65. The highest BCUT2D eigenvalue weighted by atomic mass is 32.2. The molecule has 4 aromatic rings. The molecule has 1 atom stereocenters. The SMILES string of the molecule is Cc1cc(/C=N\NC(=O)c2ccc([C@@H]3SCC(=O)N3Cc3ccccc3)cc2)c(C)n1-c1ccccc1C(F)(F)F. The van der Waals surface area contributed by atoms with E-state index in [1.807, 2.05) is 47.4 Å². The minimum Gasteiger partial charge on any atom is -0.322 e. The van der Waals surface area contributed by atoms with Crippen LogP contribution in [-0.2, 0) is 17.5 Å². The molecule has 10 heteroatoms. The van der Waals surface area contributed by atoms with Gasteiger partial charge in [-0.05, 0) is 55.3 Å². The first kappa shape index (κ1) is 28.2. The molecule has 0 bridgehead atoms. The summed E-state index contributed by atoms with van der Waals surface area (Å²) in [5.41, 5.74) is 5.89. The molecule has 0 aliphatic carbocycles. The van der Waals surface area contributed by atoms with Crippen molar-refractivity contribution < 1.29 is 22.8 Å². The van der Waals surface area contributed by atoms with Gasteiger partial charge in [0.15, 0.2) is 0 Å².